The van der Waals surface area contributed by atoms with E-state index in [1.807, 2.05) is 0 Å². The standard InChI is InChI=1S/C18H28N2O/c1-4-14-12-20(9-10-21-14)17-11-13(2)15-7-5-6-8-16(15)18(17)19-3/h5-8,13-14,17-19H,4,9-12H2,1-3H3. The lowest BCUT2D eigenvalue weighted by Crippen LogP contribution is -2.53. The number of nitrogens with zero attached hydrogens (tertiary/aromatic N) is 1. The highest BCUT2D eigenvalue weighted by atomic mass is 16.5. The first-order chi connectivity index (χ1) is 10.2. The van der Waals surface area contributed by atoms with Gasteiger partial charge in [0.25, 0.3) is 0 Å². The van der Waals surface area contributed by atoms with Gasteiger partial charge in [0, 0.05) is 25.2 Å². The number of nitrogens with one attached hydrogen (secondary N) is 1. The van der Waals surface area contributed by atoms with Crippen LogP contribution in [0.1, 0.15) is 49.8 Å². The van der Waals surface area contributed by atoms with Gasteiger partial charge in [-0.25, -0.2) is 0 Å². The van der Waals surface area contributed by atoms with Crippen LogP contribution in [-0.4, -0.2) is 43.8 Å². The second-order valence-corrected chi connectivity index (χ2v) is 6.50. The Bertz CT molecular complexity index is 476. The molecule has 0 aromatic heterocycles. The van der Waals surface area contributed by atoms with Gasteiger partial charge in [-0.15, -0.1) is 0 Å². The van der Waals surface area contributed by atoms with Crippen LogP contribution in [0, 0.1) is 0 Å². The molecule has 1 N–H and O–H groups in total. The number of fused-ring (bicyclic) bond motifs is 1. The monoisotopic (exact) mass is 288 g/mol. The van der Waals surface area contributed by atoms with Crippen LogP contribution in [0.15, 0.2) is 24.3 Å². The van der Waals surface area contributed by atoms with Crippen molar-refractivity contribution in [1.82, 2.24) is 10.2 Å². The molecule has 1 aromatic carbocycles. The van der Waals surface area contributed by atoms with Gasteiger partial charge in [0.1, 0.15) is 0 Å². The van der Waals surface area contributed by atoms with E-state index in [4.69, 9.17) is 4.74 Å². The maximum absolute atomic E-state index is 5.85. The fourth-order valence-electron chi connectivity index (χ4n) is 4.07. The van der Waals surface area contributed by atoms with E-state index in [0.29, 0.717) is 24.1 Å². The number of benzene rings is 1. The van der Waals surface area contributed by atoms with Gasteiger partial charge in [-0.1, -0.05) is 38.1 Å². The van der Waals surface area contributed by atoms with Crippen LogP contribution in [0.2, 0.25) is 0 Å². The molecule has 4 atom stereocenters. The molecular weight excluding hydrogens is 260 g/mol. The molecule has 1 aliphatic heterocycles. The Hall–Kier alpha value is -0.900. The third-order valence-electron chi connectivity index (χ3n) is 5.25. The fourth-order valence-corrected chi connectivity index (χ4v) is 4.07. The first-order valence-electron chi connectivity index (χ1n) is 8.36. The zero-order valence-electron chi connectivity index (χ0n) is 13.5. The highest BCUT2D eigenvalue weighted by molar-refractivity contribution is 5.36. The van der Waals surface area contributed by atoms with E-state index in [-0.39, 0.29) is 0 Å². The molecule has 2 aliphatic rings. The molecule has 0 amide bonds. The number of hydrogen-bond donors (Lipinski definition) is 1. The molecule has 21 heavy (non-hydrogen) atoms. The predicted octanol–water partition coefficient (Wildman–Crippen LogP) is 2.93. The Morgan fingerprint density at radius 3 is 2.76 bits per heavy atom. The molecule has 3 nitrogen and oxygen atoms in total. The van der Waals surface area contributed by atoms with Gasteiger partial charge >= 0.3 is 0 Å². The van der Waals surface area contributed by atoms with E-state index < -0.39 is 0 Å². The van der Waals surface area contributed by atoms with Crippen LogP contribution in [0.25, 0.3) is 0 Å². The van der Waals surface area contributed by atoms with Crippen molar-refractivity contribution in [3.05, 3.63) is 35.4 Å². The van der Waals surface area contributed by atoms with Gasteiger partial charge in [0.15, 0.2) is 0 Å². The Morgan fingerprint density at radius 1 is 1.29 bits per heavy atom. The number of morpholine rings is 1. The first-order valence-corrected chi connectivity index (χ1v) is 8.36. The average molecular weight is 288 g/mol. The minimum atomic E-state index is 0.406. The molecule has 0 spiro atoms. The maximum Gasteiger partial charge on any atom is 0.0700 e. The Morgan fingerprint density at radius 2 is 2.05 bits per heavy atom. The van der Waals surface area contributed by atoms with Crippen molar-refractivity contribution in [2.75, 3.05) is 26.7 Å². The Labute approximate surface area is 128 Å². The number of likely N-dealkylation sites (N-methyl/N-ethyl adjacent to an activating group) is 1. The number of hydrogen-bond acceptors (Lipinski definition) is 3. The third-order valence-corrected chi connectivity index (χ3v) is 5.25. The quantitative estimate of drug-likeness (QED) is 0.925. The van der Waals surface area contributed by atoms with Gasteiger partial charge in [-0.05, 0) is 36.9 Å². The lowest BCUT2D eigenvalue weighted by molar-refractivity contribution is -0.0528. The summed E-state index contributed by atoms with van der Waals surface area (Å²) < 4.78 is 5.85. The summed E-state index contributed by atoms with van der Waals surface area (Å²) in [6, 6.07) is 9.97. The molecule has 1 aliphatic carbocycles. The lowest BCUT2D eigenvalue weighted by atomic mass is 9.77. The average Bonchev–Trinajstić information content (AvgIpc) is 2.55. The molecule has 4 unspecified atom stereocenters. The van der Waals surface area contributed by atoms with Crippen molar-refractivity contribution in [3.8, 4) is 0 Å². The van der Waals surface area contributed by atoms with Crippen LogP contribution < -0.4 is 5.32 Å². The summed E-state index contributed by atoms with van der Waals surface area (Å²) in [4.78, 5) is 2.66. The molecule has 3 rings (SSSR count). The summed E-state index contributed by atoms with van der Waals surface area (Å²) in [5.41, 5.74) is 3.01. The smallest absolute Gasteiger partial charge is 0.0700 e. The molecule has 3 heteroatoms. The fraction of sp³-hybridized carbons (Fsp3) is 0.667. The second kappa shape index (κ2) is 6.47. The van der Waals surface area contributed by atoms with Crippen LogP contribution in [0.3, 0.4) is 0 Å². The van der Waals surface area contributed by atoms with Gasteiger partial charge in [-0.3, -0.25) is 4.90 Å². The molecule has 1 saturated heterocycles. The molecule has 0 saturated carbocycles. The summed E-state index contributed by atoms with van der Waals surface area (Å²) in [6.45, 7) is 7.61. The highest BCUT2D eigenvalue weighted by Gasteiger charge is 2.37. The van der Waals surface area contributed by atoms with Crippen LogP contribution in [0.5, 0.6) is 0 Å². The largest absolute Gasteiger partial charge is 0.376 e. The van der Waals surface area contributed by atoms with Crippen LogP contribution in [0.4, 0.5) is 0 Å². The van der Waals surface area contributed by atoms with Gasteiger partial charge in [0.05, 0.1) is 12.7 Å². The predicted molar refractivity (Wildman–Crippen MR) is 86.7 cm³/mol. The molecular formula is C18H28N2O. The molecule has 1 fully saturated rings. The minimum Gasteiger partial charge on any atom is -0.376 e. The summed E-state index contributed by atoms with van der Waals surface area (Å²) in [5.74, 6) is 0.638. The van der Waals surface area contributed by atoms with Gasteiger partial charge in [0.2, 0.25) is 0 Å². The van der Waals surface area contributed by atoms with Crippen molar-refractivity contribution in [2.24, 2.45) is 0 Å². The SMILES string of the molecule is CCC1CN(C2CC(C)c3ccccc3C2NC)CCO1. The summed E-state index contributed by atoms with van der Waals surface area (Å²) in [6.07, 6.45) is 2.75. The Kier molecular flexibility index (Phi) is 4.63. The van der Waals surface area contributed by atoms with Crippen molar-refractivity contribution in [1.29, 1.82) is 0 Å². The minimum absolute atomic E-state index is 0.406. The number of ether oxygens (including phenoxy) is 1. The topological polar surface area (TPSA) is 24.5 Å². The van der Waals surface area contributed by atoms with Gasteiger partial charge in [-0.2, -0.15) is 0 Å². The van der Waals surface area contributed by atoms with Crippen molar-refractivity contribution < 1.29 is 4.74 Å². The van der Waals surface area contributed by atoms with Gasteiger partial charge < -0.3 is 10.1 Å². The van der Waals surface area contributed by atoms with Crippen molar-refractivity contribution >= 4 is 0 Å². The van der Waals surface area contributed by atoms with Crippen LogP contribution >= 0.6 is 0 Å². The van der Waals surface area contributed by atoms with Crippen LogP contribution in [-0.2, 0) is 4.74 Å². The highest BCUT2D eigenvalue weighted by Crippen LogP contribution is 2.39. The zero-order chi connectivity index (χ0) is 14.8. The molecule has 0 radical (unpaired) electrons. The van der Waals surface area contributed by atoms with E-state index in [2.05, 4.69) is 55.4 Å². The first kappa shape index (κ1) is 15.0. The van der Waals surface area contributed by atoms with E-state index in [1.165, 1.54) is 17.5 Å². The van der Waals surface area contributed by atoms with Crippen molar-refractivity contribution in [3.63, 3.8) is 0 Å². The normalized spacial score (nSPS) is 33.7. The zero-order valence-corrected chi connectivity index (χ0v) is 13.5. The van der Waals surface area contributed by atoms with E-state index in [0.717, 1.165) is 26.1 Å². The Balaban J connectivity index is 1.86. The molecule has 0 bridgehead atoms. The molecule has 1 aromatic rings. The lowest BCUT2D eigenvalue weighted by Gasteiger charge is -2.46. The van der Waals surface area contributed by atoms with E-state index in [9.17, 15) is 0 Å². The van der Waals surface area contributed by atoms with E-state index in [1.54, 1.807) is 0 Å². The molecule has 116 valence electrons. The summed E-state index contributed by atoms with van der Waals surface area (Å²) in [5, 5.41) is 3.58. The molecule has 1 heterocycles. The summed E-state index contributed by atoms with van der Waals surface area (Å²) >= 11 is 0. The van der Waals surface area contributed by atoms with Crippen molar-refractivity contribution in [2.45, 2.75) is 50.8 Å². The van der Waals surface area contributed by atoms with E-state index >= 15 is 0 Å². The second-order valence-electron chi connectivity index (χ2n) is 6.50. The third kappa shape index (κ3) is 2.87. The summed E-state index contributed by atoms with van der Waals surface area (Å²) in [7, 11) is 2.10. The number of rotatable bonds is 3. The maximum atomic E-state index is 5.85.